The molecule has 1 heterocycles. The van der Waals surface area contributed by atoms with Crippen molar-refractivity contribution in [2.45, 2.75) is 12.3 Å². The molecule has 1 aliphatic rings. The number of allylic oxidation sites excluding steroid dienone is 4. The normalized spacial score (nSPS) is 16.2. The lowest BCUT2D eigenvalue weighted by atomic mass is 9.91. The van der Waals surface area contributed by atoms with Crippen LogP contribution in [0, 0.1) is 0 Å². The van der Waals surface area contributed by atoms with Gasteiger partial charge in [0.2, 0.25) is 0 Å². The summed E-state index contributed by atoms with van der Waals surface area (Å²) in [6.45, 7) is 0. The number of hydrogen-bond donors (Lipinski definition) is 0. The Hall–Kier alpha value is -2.93. The molecule has 1 unspecified atom stereocenters. The lowest BCUT2D eigenvalue weighted by Crippen LogP contribution is -1.99. The first-order valence-electron chi connectivity index (χ1n) is 8.36. The van der Waals surface area contributed by atoms with Crippen LogP contribution in [-0.2, 0) is 0 Å². The monoisotopic (exact) mass is 309 g/mol. The summed E-state index contributed by atoms with van der Waals surface area (Å²) in [6, 6.07) is 25.3. The molecule has 1 heteroatoms. The summed E-state index contributed by atoms with van der Waals surface area (Å²) in [7, 11) is 0. The molecule has 1 atom stereocenters. The van der Waals surface area contributed by atoms with Gasteiger partial charge in [0, 0.05) is 17.0 Å². The predicted molar refractivity (Wildman–Crippen MR) is 101 cm³/mol. The second kappa shape index (κ2) is 6.67. The van der Waals surface area contributed by atoms with Gasteiger partial charge in [0.05, 0.1) is 11.4 Å². The number of benzene rings is 2. The van der Waals surface area contributed by atoms with Gasteiger partial charge in [0.1, 0.15) is 0 Å². The molecule has 0 spiro atoms. The number of rotatable bonds is 3. The van der Waals surface area contributed by atoms with Crippen LogP contribution in [-0.4, -0.2) is 4.98 Å². The molecule has 1 aromatic heterocycles. The zero-order chi connectivity index (χ0) is 16.2. The van der Waals surface area contributed by atoms with Crippen molar-refractivity contribution in [3.63, 3.8) is 0 Å². The zero-order valence-corrected chi connectivity index (χ0v) is 13.5. The van der Waals surface area contributed by atoms with E-state index in [-0.39, 0.29) is 0 Å². The third kappa shape index (κ3) is 3.07. The van der Waals surface area contributed by atoms with Gasteiger partial charge < -0.3 is 0 Å². The number of nitrogens with zero attached hydrogens (tertiary/aromatic N) is 1. The molecule has 0 aliphatic heterocycles. The molecule has 0 saturated heterocycles. The van der Waals surface area contributed by atoms with Crippen LogP contribution in [0.15, 0.2) is 97.1 Å². The van der Waals surface area contributed by atoms with Crippen LogP contribution < -0.4 is 0 Å². The minimum atomic E-state index is 0.419. The smallest absolute Gasteiger partial charge is 0.0712 e. The average molecular weight is 309 g/mol. The molecule has 3 aromatic rings. The Balaban J connectivity index is 1.85. The molecule has 0 bridgehead atoms. The Bertz CT molecular complexity index is 819. The minimum absolute atomic E-state index is 0.419. The maximum absolute atomic E-state index is 4.93. The van der Waals surface area contributed by atoms with E-state index in [2.05, 4.69) is 85.0 Å². The molecule has 2 aromatic carbocycles. The van der Waals surface area contributed by atoms with Crippen molar-refractivity contribution in [2.75, 3.05) is 0 Å². The first-order valence-corrected chi connectivity index (χ1v) is 8.36. The van der Waals surface area contributed by atoms with Crippen molar-refractivity contribution in [2.24, 2.45) is 0 Å². The minimum Gasteiger partial charge on any atom is -0.248 e. The number of hydrogen-bond acceptors (Lipinski definition) is 1. The standard InChI is InChI=1S/C23H19N/c1-4-10-18(11-5-1)21-16-22(19-12-6-2-7-13-19)24-23(17-21)20-14-8-3-9-15-20/h1-10,12-18H,11H2. The maximum atomic E-state index is 4.93. The highest BCUT2D eigenvalue weighted by Crippen LogP contribution is 2.31. The van der Waals surface area contributed by atoms with Gasteiger partial charge in [-0.05, 0) is 24.1 Å². The van der Waals surface area contributed by atoms with Gasteiger partial charge in [-0.25, -0.2) is 4.98 Å². The topological polar surface area (TPSA) is 12.9 Å². The molecule has 0 saturated carbocycles. The van der Waals surface area contributed by atoms with E-state index in [0.717, 1.165) is 28.9 Å². The Morgan fingerprint density at radius 1 is 0.708 bits per heavy atom. The molecule has 0 amide bonds. The third-order valence-electron chi connectivity index (χ3n) is 4.40. The lowest BCUT2D eigenvalue weighted by molar-refractivity contribution is 0.852. The van der Waals surface area contributed by atoms with Crippen LogP contribution in [0.25, 0.3) is 22.5 Å². The highest BCUT2D eigenvalue weighted by atomic mass is 14.7. The molecule has 0 radical (unpaired) electrons. The SMILES string of the molecule is C1=CCC(c2cc(-c3ccccc3)nc(-c3ccccc3)c2)C=C1. The van der Waals surface area contributed by atoms with Gasteiger partial charge in [-0.3, -0.25) is 0 Å². The number of aromatic nitrogens is 1. The van der Waals surface area contributed by atoms with Crippen molar-refractivity contribution >= 4 is 0 Å². The summed E-state index contributed by atoms with van der Waals surface area (Å²) in [5.41, 5.74) is 5.71. The van der Waals surface area contributed by atoms with Crippen molar-refractivity contribution in [1.82, 2.24) is 4.98 Å². The van der Waals surface area contributed by atoms with E-state index in [1.54, 1.807) is 0 Å². The summed E-state index contributed by atoms with van der Waals surface area (Å²) in [5, 5.41) is 0. The Kier molecular flexibility index (Phi) is 4.07. The molecule has 116 valence electrons. The van der Waals surface area contributed by atoms with Crippen molar-refractivity contribution in [3.05, 3.63) is 103 Å². The van der Waals surface area contributed by atoms with E-state index in [4.69, 9.17) is 4.98 Å². The fourth-order valence-corrected chi connectivity index (χ4v) is 3.11. The van der Waals surface area contributed by atoms with Crippen LogP contribution >= 0.6 is 0 Å². The third-order valence-corrected chi connectivity index (χ3v) is 4.40. The molecular weight excluding hydrogens is 290 g/mol. The molecular formula is C23H19N. The summed E-state index contributed by atoms with van der Waals surface area (Å²) in [6.07, 6.45) is 9.81. The number of pyridine rings is 1. The highest BCUT2D eigenvalue weighted by molar-refractivity contribution is 5.68. The molecule has 1 aliphatic carbocycles. The van der Waals surface area contributed by atoms with Crippen LogP contribution in [0.3, 0.4) is 0 Å². The first-order chi connectivity index (χ1) is 11.9. The van der Waals surface area contributed by atoms with Crippen LogP contribution in [0.5, 0.6) is 0 Å². The van der Waals surface area contributed by atoms with Crippen molar-refractivity contribution in [3.8, 4) is 22.5 Å². The predicted octanol–water partition coefficient (Wildman–Crippen LogP) is 6.02. The van der Waals surface area contributed by atoms with Gasteiger partial charge in [0.25, 0.3) is 0 Å². The quantitative estimate of drug-likeness (QED) is 0.577. The summed E-state index contributed by atoms with van der Waals surface area (Å²) in [4.78, 5) is 4.93. The maximum Gasteiger partial charge on any atom is 0.0712 e. The van der Waals surface area contributed by atoms with Gasteiger partial charge in [0.15, 0.2) is 0 Å². The fourth-order valence-electron chi connectivity index (χ4n) is 3.11. The van der Waals surface area contributed by atoms with Crippen LogP contribution in [0.1, 0.15) is 17.9 Å². The van der Waals surface area contributed by atoms with E-state index >= 15 is 0 Å². The van der Waals surface area contributed by atoms with Gasteiger partial charge in [-0.15, -0.1) is 0 Å². The van der Waals surface area contributed by atoms with E-state index in [9.17, 15) is 0 Å². The van der Waals surface area contributed by atoms with E-state index in [0.29, 0.717) is 5.92 Å². The molecule has 0 N–H and O–H groups in total. The Morgan fingerprint density at radius 3 is 1.79 bits per heavy atom. The summed E-state index contributed by atoms with van der Waals surface area (Å²) in [5.74, 6) is 0.419. The lowest BCUT2D eigenvalue weighted by Gasteiger charge is -2.16. The van der Waals surface area contributed by atoms with Crippen molar-refractivity contribution in [1.29, 1.82) is 0 Å². The first kappa shape index (κ1) is 14.6. The van der Waals surface area contributed by atoms with Gasteiger partial charge in [-0.2, -0.15) is 0 Å². The van der Waals surface area contributed by atoms with Crippen molar-refractivity contribution < 1.29 is 0 Å². The van der Waals surface area contributed by atoms with E-state index < -0.39 is 0 Å². The second-order valence-corrected chi connectivity index (χ2v) is 6.06. The summed E-state index contributed by atoms with van der Waals surface area (Å²) >= 11 is 0. The highest BCUT2D eigenvalue weighted by Gasteiger charge is 2.13. The largest absolute Gasteiger partial charge is 0.248 e. The molecule has 4 rings (SSSR count). The fraction of sp³-hybridized carbons (Fsp3) is 0.0870. The van der Waals surface area contributed by atoms with E-state index in [1.807, 2.05) is 12.1 Å². The Labute approximate surface area is 143 Å². The molecule has 1 nitrogen and oxygen atoms in total. The zero-order valence-electron chi connectivity index (χ0n) is 13.5. The molecule has 24 heavy (non-hydrogen) atoms. The Morgan fingerprint density at radius 2 is 1.29 bits per heavy atom. The van der Waals surface area contributed by atoms with Gasteiger partial charge in [-0.1, -0.05) is 85.0 Å². The van der Waals surface area contributed by atoms with E-state index in [1.165, 1.54) is 5.56 Å². The van der Waals surface area contributed by atoms with Crippen LogP contribution in [0.4, 0.5) is 0 Å². The van der Waals surface area contributed by atoms with Crippen LogP contribution in [0.2, 0.25) is 0 Å². The average Bonchev–Trinajstić information content (AvgIpc) is 2.70. The van der Waals surface area contributed by atoms with Gasteiger partial charge >= 0.3 is 0 Å². The summed E-state index contributed by atoms with van der Waals surface area (Å²) < 4.78 is 0. The molecule has 0 fully saturated rings. The second-order valence-electron chi connectivity index (χ2n) is 6.06.